The van der Waals surface area contributed by atoms with Crippen LogP contribution >= 0.6 is 0 Å². The number of nitriles is 1. The minimum Gasteiger partial charge on any atom is -0.325 e. The van der Waals surface area contributed by atoms with Crippen molar-refractivity contribution in [3.05, 3.63) is 65.5 Å². The number of nitrogens with zero attached hydrogens (tertiary/aromatic N) is 6. The SMILES string of the molecule is N#Cc1ccc(CN2CCN(CC(=O)Nc3cccc(-c4nnc5n4CCCCC5)c3)CC2)cc1. The molecule has 2 aromatic carbocycles. The lowest BCUT2D eigenvalue weighted by atomic mass is 10.1. The van der Waals surface area contributed by atoms with E-state index in [1.54, 1.807) is 0 Å². The van der Waals surface area contributed by atoms with Crippen molar-refractivity contribution < 1.29 is 4.79 Å². The first-order chi connectivity index (χ1) is 17.2. The van der Waals surface area contributed by atoms with Gasteiger partial charge in [-0.05, 0) is 42.7 Å². The first-order valence-electron chi connectivity index (χ1n) is 12.4. The number of carbonyl (C=O) groups excluding carboxylic acids is 1. The quantitative estimate of drug-likeness (QED) is 0.596. The maximum atomic E-state index is 12.8. The molecule has 5 rings (SSSR count). The molecule has 8 nitrogen and oxygen atoms in total. The number of hydrogen-bond acceptors (Lipinski definition) is 6. The highest BCUT2D eigenvalue weighted by Crippen LogP contribution is 2.25. The summed E-state index contributed by atoms with van der Waals surface area (Å²) in [5.74, 6) is 1.95. The Morgan fingerprint density at radius 3 is 2.54 bits per heavy atom. The number of benzene rings is 2. The van der Waals surface area contributed by atoms with Gasteiger partial charge in [0.1, 0.15) is 5.82 Å². The third-order valence-corrected chi connectivity index (χ3v) is 6.84. The number of amides is 1. The van der Waals surface area contributed by atoms with E-state index in [-0.39, 0.29) is 5.91 Å². The number of anilines is 1. The Morgan fingerprint density at radius 2 is 1.74 bits per heavy atom. The third-order valence-electron chi connectivity index (χ3n) is 6.84. The molecule has 2 aliphatic heterocycles. The van der Waals surface area contributed by atoms with Gasteiger partial charge < -0.3 is 9.88 Å². The maximum Gasteiger partial charge on any atom is 0.238 e. The molecule has 1 fully saturated rings. The van der Waals surface area contributed by atoms with Crippen molar-refractivity contribution in [2.45, 2.75) is 38.8 Å². The predicted octanol–water partition coefficient (Wildman–Crippen LogP) is 3.30. The average Bonchev–Trinajstić information content (AvgIpc) is 3.14. The smallest absolute Gasteiger partial charge is 0.238 e. The Labute approximate surface area is 206 Å². The van der Waals surface area contributed by atoms with Crippen molar-refractivity contribution >= 4 is 11.6 Å². The zero-order valence-corrected chi connectivity index (χ0v) is 20.0. The number of hydrogen-bond donors (Lipinski definition) is 1. The number of fused-ring (bicyclic) bond motifs is 1. The molecule has 1 aromatic heterocycles. The number of carbonyl (C=O) groups is 1. The van der Waals surface area contributed by atoms with Crippen molar-refractivity contribution in [1.29, 1.82) is 5.26 Å². The summed E-state index contributed by atoms with van der Waals surface area (Å²) in [5.41, 5.74) is 3.67. The van der Waals surface area contributed by atoms with Crippen molar-refractivity contribution in [3.8, 4) is 17.5 Å². The van der Waals surface area contributed by atoms with E-state index in [2.05, 4.69) is 36.0 Å². The largest absolute Gasteiger partial charge is 0.325 e. The van der Waals surface area contributed by atoms with Crippen LogP contribution in [0.5, 0.6) is 0 Å². The Morgan fingerprint density at radius 1 is 0.943 bits per heavy atom. The monoisotopic (exact) mass is 469 g/mol. The predicted molar refractivity (Wildman–Crippen MR) is 135 cm³/mol. The van der Waals surface area contributed by atoms with Crippen molar-refractivity contribution in [2.75, 3.05) is 38.0 Å². The summed E-state index contributed by atoms with van der Waals surface area (Å²) >= 11 is 0. The fraction of sp³-hybridized carbons (Fsp3) is 0.407. The van der Waals surface area contributed by atoms with E-state index in [4.69, 9.17) is 5.26 Å². The van der Waals surface area contributed by atoms with Crippen LogP contribution in [0.15, 0.2) is 48.5 Å². The van der Waals surface area contributed by atoms with Crippen molar-refractivity contribution in [2.24, 2.45) is 0 Å². The normalized spacial score (nSPS) is 16.8. The molecule has 2 aliphatic rings. The molecule has 0 saturated carbocycles. The van der Waals surface area contributed by atoms with E-state index < -0.39 is 0 Å². The second kappa shape index (κ2) is 10.8. The van der Waals surface area contributed by atoms with Crippen molar-refractivity contribution in [1.82, 2.24) is 24.6 Å². The summed E-state index contributed by atoms with van der Waals surface area (Å²) < 4.78 is 2.23. The lowest BCUT2D eigenvalue weighted by Crippen LogP contribution is -2.48. The molecule has 1 saturated heterocycles. The van der Waals surface area contributed by atoms with Gasteiger partial charge in [0, 0.05) is 56.9 Å². The zero-order valence-electron chi connectivity index (χ0n) is 20.0. The molecule has 0 spiro atoms. The van der Waals surface area contributed by atoms with Crippen LogP contribution in [-0.4, -0.2) is 63.2 Å². The van der Waals surface area contributed by atoms with Gasteiger partial charge in [-0.15, -0.1) is 10.2 Å². The lowest BCUT2D eigenvalue weighted by Gasteiger charge is -2.34. The molecule has 180 valence electrons. The van der Waals surface area contributed by atoms with Crippen LogP contribution < -0.4 is 5.32 Å². The molecule has 3 heterocycles. The fourth-order valence-electron chi connectivity index (χ4n) is 4.89. The molecule has 1 amide bonds. The fourth-order valence-corrected chi connectivity index (χ4v) is 4.89. The molecule has 8 heteroatoms. The van der Waals surface area contributed by atoms with Gasteiger partial charge in [0.25, 0.3) is 0 Å². The first-order valence-corrected chi connectivity index (χ1v) is 12.4. The maximum absolute atomic E-state index is 12.8. The summed E-state index contributed by atoms with van der Waals surface area (Å²) in [5, 5.41) is 20.9. The summed E-state index contributed by atoms with van der Waals surface area (Å²) in [6.07, 6.45) is 4.51. The van der Waals surface area contributed by atoms with Crippen LogP contribution in [0.2, 0.25) is 0 Å². The number of rotatable bonds is 6. The highest BCUT2D eigenvalue weighted by atomic mass is 16.2. The standard InChI is InChI=1S/C27H31N7O/c28-18-21-8-10-22(11-9-21)19-32-13-15-33(16-14-32)20-26(35)29-24-6-4-5-23(17-24)27-31-30-25-7-2-1-3-12-34(25)27/h4-6,8-11,17H,1-3,7,12-16,19-20H2,(H,29,35). The van der Waals surface area contributed by atoms with Gasteiger partial charge in [-0.1, -0.05) is 30.7 Å². The minimum absolute atomic E-state index is 0.00256. The third kappa shape index (κ3) is 5.76. The molecule has 0 radical (unpaired) electrons. The van der Waals surface area contributed by atoms with Gasteiger partial charge in [0.15, 0.2) is 5.82 Å². The minimum atomic E-state index is 0.00256. The van der Waals surface area contributed by atoms with Crippen LogP contribution in [0.4, 0.5) is 5.69 Å². The summed E-state index contributed by atoms with van der Waals surface area (Å²) in [6.45, 7) is 5.75. The van der Waals surface area contributed by atoms with E-state index in [1.807, 2.05) is 48.5 Å². The van der Waals surface area contributed by atoms with Gasteiger partial charge >= 0.3 is 0 Å². The van der Waals surface area contributed by atoms with Crippen LogP contribution in [0.1, 0.15) is 36.2 Å². The van der Waals surface area contributed by atoms with Gasteiger partial charge in [-0.2, -0.15) is 5.26 Å². The first kappa shape index (κ1) is 23.2. The molecule has 1 N–H and O–H groups in total. The molecule has 0 aliphatic carbocycles. The van der Waals surface area contributed by atoms with E-state index in [9.17, 15) is 4.79 Å². The van der Waals surface area contributed by atoms with E-state index in [1.165, 1.54) is 12.0 Å². The second-order valence-electron chi connectivity index (χ2n) is 9.39. The van der Waals surface area contributed by atoms with Gasteiger partial charge in [0.05, 0.1) is 18.2 Å². The van der Waals surface area contributed by atoms with Crippen LogP contribution in [-0.2, 0) is 24.3 Å². The molecular weight excluding hydrogens is 438 g/mol. The van der Waals surface area contributed by atoms with Gasteiger partial charge in [-0.3, -0.25) is 14.6 Å². The van der Waals surface area contributed by atoms with Crippen LogP contribution in [0.3, 0.4) is 0 Å². The Bertz CT molecular complexity index is 1200. The van der Waals surface area contributed by atoms with E-state index in [0.29, 0.717) is 12.1 Å². The zero-order chi connectivity index (χ0) is 24.0. The van der Waals surface area contributed by atoms with Crippen LogP contribution in [0.25, 0.3) is 11.4 Å². The van der Waals surface area contributed by atoms with Crippen LogP contribution in [0, 0.1) is 11.3 Å². The molecule has 0 atom stereocenters. The van der Waals surface area contributed by atoms with Gasteiger partial charge in [0.2, 0.25) is 5.91 Å². The van der Waals surface area contributed by atoms with E-state index in [0.717, 1.165) is 81.4 Å². The summed E-state index contributed by atoms with van der Waals surface area (Å²) in [6, 6.07) is 17.8. The number of piperazine rings is 1. The average molecular weight is 470 g/mol. The lowest BCUT2D eigenvalue weighted by molar-refractivity contribution is -0.117. The highest BCUT2D eigenvalue weighted by molar-refractivity contribution is 5.92. The molecule has 35 heavy (non-hydrogen) atoms. The summed E-state index contributed by atoms with van der Waals surface area (Å²) in [4.78, 5) is 17.4. The topological polar surface area (TPSA) is 90.1 Å². The molecule has 0 bridgehead atoms. The second-order valence-corrected chi connectivity index (χ2v) is 9.39. The molecule has 3 aromatic rings. The van der Waals surface area contributed by atoms with Crippen molar-refractivity contribution in [3.63, 3.8) is 0 Å². The number of aromatic nitrogens is 3. The Kier molecular flexibility index (Phi) is 7.17. The molecule has 0 unspecified atom stereocenters. The number of nitrogens with one attached hydrogen (secondary N) is 1. The Balaban J connectivity index is 1.13. The Hall–Kier alpha value is -3.54. The van der Waals surface area contributed by atoms with E-state index >= 15 is 0 Å². The summed E-state index contributed by atoms with van der Waals surface area (Å²) in [7, 11) is 0. The molecular formula is C27H31N7O. The highest BCUT2D eigenvalue weighted by Gasteiger charge is 2.20. The van der Waals surface area contributed by atoms with Gasteiger partial charge in [-0.25, -0.2) is 0 Å². The number of aryl methyl sites for hydroxylation is 1.